The van der Waals surface area contributed by atoms with Crippen LogP contribution in [0.25, 0.3) is 0 Å². The molecule has 0 bridgehead atoms. The fourth-order valence-corrected chi connectivity index (χ4v) is 0.279. The summed E-state index contributed by atoms with van der Waals surface area (Å²) in [5, 5.41) is 16.4. The van der Waals surface area contributed by atoms with Gasteiger partial charge in [0.15, 0.2) is 0 Å². The maximum atomic E-state index is 8.18. The lowest BCUT2D eigenvalue weighted by Crippen LogP contribution is -1.70. The second-order valence-electron chi connectivity index (χ2n) is 1.22. The van der Waals surface area contributed by atoms with E-state index in [4.69, 9.17) is 10.2 Å². The monoisotopic (exact) mass is 114 g/mol. The van der Waals surface area contributed by atoms with Gasteiger partial charge in [-0.15, -0.1) is 0 Å². The van der Waals surface area contributed by atoms with Gasteiger partial charge in [-0.2, -0.15) is 0 Å². The predicted molar refractivity (Wildman–Crippen MR) is 32.5 cm³/mol. The van der Waals surface area contributed by atoms with Gasteiger partial charge in [0.05, 0.1) is 13.2 Å². The van der Waals surface area contributed by atoms with Crippen LogP contribution in [0.4, 0.5) is 0 Å². The standard InChI is InChI=1S/C6H10O2/c7-5-3-1-2-4-6-8/h1-4,7-8H,5-6H2. The molecule has 0 aromatic rings. The Hall–Kier alpha value is -0.600. The molecule has 0 radical (unpaired) electrons. The molecule has 0 saturated heterocycles. The summed E-state index contributed by atoms with van der Waals surface area (Å²) >= 11 is 0. The zero-order valence-corrected chi connectivity index (χ0v) is 4.62. The van der Waals surface area contributed by atoms with E-state index in [1.165, 1.54) is 0 Å². The summed E-state index contributed by atoms with van der Waals surface area (Å²) in [5.74, 6) is 0. The van der Waals surface area contributed by atoms with Gasteiger partial charge in [0, 0.05) is 0 Å². The van der Waals surface area contributed by atoms with Gasteiger partial charge < -0.3 is 10.2 Å². The molecule has 2 N–H and O–H groups in total. The summed E-state index contributed by atoms with van der Waals surface area (Å²) in [4.78, 5) is 0. The minimum absolute atomic E-state index is 0.0514. The maximum absolute atomic E-state index is 8.18. The summed E-state index contributed by atoms with van der Waals surface area (Å²) in [5.41, 5.74) is 0. The average molecular weight is 114 g/mol. The molecule has 0 fully saturated rings. The Morgan fingerprint density at radius 2 is 1.25 bits per heavy atom. The fraction of sp³-hybridized carbons (Fsp3) is 0.333. The van der Waals surface area contributed by atoms with E-state index in [2.05, 4.69) is 0 Å². The van der Waals surface area contributed by atoms with Crippen LogP contribution in [0.3, 0.4) is 0 Å². The van der Waals surface area contributed by atoms with E-state index in [1.54, 1.807) is 24.3 Å². The van der Waals surface area contributed by atoms with E-state index < -0.39 is 0 Å². The van der Waals surface area contributed by atoms with E-state index in [0.29, 0.717) is 0 Å². The molecule has 46 valence electrons. The lowest BCUT2D eigenvalue weighted by molar-refractivity contribution is 0.341. The van der Waals surface area contributed by atoms with Crippen LogP contribution in [0.15, 0.2) is 24.3 Å². The molecule has 0 aliphatic carbocycles. The Morgan fingerprint density at radius 3 is 1.50 bits per heavy atom. The minimum atomic E-state index is 0.0514. The van der Waals surface area contributed by atoms with Crippen LogP contribution in [-0.4, -0.2) is 23.4 Å². The number of hydrogen-bond donors (Lipinski definition) is 2. The molecule has 0 aliphatic rings. The number of aliphatic hydroxyl groups excluding tert-OH is 2. The van der Waals surface area contributed by atoms with Crippen LogP contribution < -0.4 is 0 Å². The van der Waals surface area contributed by atoms with Crippen molar-refractivity contribution in [3.8, 4) is 0 Å². The molecule has 0 aromatic heterocycles. The number of allylic oxidation sites excluding steroid dienone is 2. The highest BCUT2D eigenvalue weighted by molar-refractivity contribution is 5.01. The lowest BCUT2D eigenvalue weighted by atomic mass is 10.4. The first-order valence-corrected chi connectivity index (χ1v) is 2.45. The largest absolute Gasteiger partial charge is 0.392 e. The van der Waals surface area contributed by atoms with E-state index in [-0.39, 0.29) is 13.2 Å². The van der Waals surface area contributed by atoms with Crippen LogP contribution in [0.2, 0.25) is 0 Å². The van der Waals surface area contributed by atoms with E-state index in [9.17, 15) is 0 Å². The molecular weight excluding hydrogens is 104 g/mol. The highest BCUT2D eigenvalue weighted by Crippen LogP contribution is 1.73. The quantitative estimate of drug-likeness (QED) is 0.510. The van der Waals surface area contributed by atoms with Crippen molar-refractivity contribution in [3.05, 3.63) is 24.3 Å². The van der Waals surface area contributed by atoms with Crippen LogP contribution in [-0.2, 0) is 0 Å². The topological polar surface area (TPSA) is 40.5 Å². The highest BCUT2D eigenvalue weighted by atomic mass is 16.3. The first-order chi connectivity index (χ1) is 3.91. The van der Waals surface area contributed by atoms with Gasteiger partial charge in [-0.25, -0.2) is 0 Å². The first kappa shape index (κ1) is 7.40. The Kier molecular flexibility index (Phi) is 5.92. The molecule has 8 heavy (non-hydrogen) atoms. The Bertz CT molecular complexity index is 72.5. The Balaban J connectivity index is 3.13. The van der Waals surface area contributed by atoms with E-state index in [1.807, 2.05) is 0 Å². The van der Waals surface area contributed by atoms with Crippen molar-refractivity contribution >= 4 is 0 Å². The molecule has 0 aliphatic heterocycles. The summed E-state index contributed by atoms with van der Waals surface area (Å²) in [6.45, 7) is 0.103. The van der Waals surface area contributed by atoms with Gasteiger partial charge in [0.2, 0.25) is 0 Å². The fourth-order valence-electron chi connectivity index (χ4n) is 0.279. The van der Waals surface area contributed by atoms with Crippen LogP contribution >= 0.6 is 0 Å². The van der Waals surface area contributed by atoms with Crippen LogP contribution in [0, 0.1) is 0 Å². The van der Waals surface area contributed by atoms with Gasteiger partial charge in [-0.1, -0.05) is 24.3 Å². The molecule has 0 spiro atoms. The van der Waals surface area contributed by atoms with Crippen molar-refractivity contribution in [3.63, 3.8) is 0 Å². The molecule has 0 amide bonds. The normalized spacial score (nSPS) is 11.8. The van der Waals surface area contributed by atoms with Crippen molar-refractivity contribution in [2.75, 3.05) is 13.2 Å². The van der Waals surface area contributed by atoms with Gasteiger partial charge in [-0.3, -0.25) is 0 Å². The zero-order chi connectivity index (χ0) is 6.24. The van der Waals surface area contributed by atoms with Gasteiger partial charge in [-0.05, 0) is 0 Å². The SMILES string of the molecule is OCC=CC=CCO. The van der Waals surface area contributed by atoms with Gasteiger partial charge in [0.25, 0.3) is 0 Å². The van der Waals surface area contributed by atoms with Crippen molar-refractivity contribution in [2.24, 2.45) is 0 Å². The molecule has 0 saturated carbocycles. The lowest BCUT2D eigenvalue weighted by Gasteiger charge is -1.74. The molecule has 0 unspecified atom stereocenters. The Labute approximate surface area is 48.8 Å². The number of hydrogen-bond acceptors (Lipinski definition) is 2. The minimum Gasteiger partial charge on any atom is -0.392 e. The van der Waals surface area contributed by atoms with Crippen LogP contribution in [0.5, 0.6) is 0 Å². The van der Waals surface area contributed by atoms with Crippen molar-refractivity contribution in [1.29, 1.82) is 0 Å². The molecular formula is C6H10O2. The second-order valence-corrected chi connectivity index (χ2v) is 1.22. The smallest absolute Gasteiger partial charge is 0.0615 e. The third-order valence-electron chi connectivity index (χ3n) is 0.594. The van der Waals surface area contributed by atoms with E-state index >= 15 is 0 Å². The molecule has 2 nitrogen and oxygen atoms in total. The van der Waals surface area contributed by atoms with E-state index in [0.717, 1.165) is 0 Å². The van der Waals surface area contributed by atoms with Gasteiger partial charge in [0.1, 0.15) is 0 Å². The van der Waals surface area contributed by atoms with Crippen molar-refractivity contribution in [2.45, 2.75) is 0 Å². The zero-order valence-electron chi connectivity index (χ0n) is 4.62. The molecule has 0 atom stereocenters. The van der Waals surface area contributed by atoms with Crippen molar-refractivity contribution < 1.29 is 10.2 Å². The number of aliphatic hydroxyl groups is 2. The Morgan fingerprint density at radius 1 is 0.875 bits per heavy atom. The summed E-state index contributed by atoms with van der Waals surface area (Å²) in [7, 11) is 0. The third-order valence-corrected chi connectivity index (χ3v) is 0.594. The molecule has 0 rings (SSSR count). The summed E-state index contributed by atoms with van der Waals surface area (Å²) in [6.07, 6.45) is 6.53. The maximum Gasteiger partial charge on any atom is 0.0615 e. The van der Waals surface area contributed by atoms with Crippen molar-refractivity contribution in [1.82, 2.24) is 0 Å². The summed E-state index contributed by atoms with van der Waals surface area (Å²) in [6, 6.07) is 0. The highest BCUT2D eigenvalue weighted by Gasteiger charge is 1.62. The average Bonchev–Trinajstić information content (AvgIpc) is 1.81. The second kappa shape index (κ2) is 6.40. The molecule has 0 aromatic carbocycles. The molecule has 0 heterocycles. The molecule has 2 heteroatoms. The summed E-state index contributed by atoms with van der Waals surface area (Å²) < 4.78 is 0. The number of rotatable bonds is 3. The first-order valence-electron chi connectivity index (χ1n) is 2.45. The van der Waals surface area contributed by atoms with Crippen LogP contribution in [0.1, 0.15) is 0 Å². The van der Waals surface area contributed by atoms with Gasteiger partial charge >= 0.3 is 0 Å². The predicted octanol–water partition coefficient (Wildman–Crippen LogP) is 0.0834. The third kappa shape index (κ3) is 5.40.